The van der Waals surface area contributed by atoms with Gasteiger partial charge in [0.15, 0.2) is 5.15 Å². The molecule has 0 saturated carbocycles. The van der Waals surface area contributed by atoms with Crippen molar-refractivity contribution in [2.24, 2.45) is 0 Å². The molecule has 0 amide bonds. The van der Waals surface area contributed by atoms with E-state index in [4.69, 9.17) is 39.5 Å². The lowest BCUT2D eigenvalue weighted by Gasteiger charge is -2.03. The van der Waals surface area contributed by atoms with Crippen LogP contribution in [0.5, 0.6) is 11.6 Å². The molecule has 0 saturated heterocycles. The Kier molecular flexibility index (Phi) is 4.42. The molecular weight excluding hydrogens is 295 g/mol. The van der Waals surface area contributed by atoms with Crippen LogP contribution in [0.25, 0.3) is 6.08 Å². The zero-order chi connectivity index (χ0) is 13.0. The highest BCUT2D eigenvalue weighted by atomic mass is 35.5. The second-order valence-corrected chi connectivity index (χ2v) is 4.69. The van der Waals surface area contributed by atoms with Crippen LogP contribution in [-0.4, -0.2) is 10.2 Å². The molecule has 92 valence electrons. The summed E-state index contributed by atoms with van der Waals surface area (Å²) in [5.41, 5.74) is 0.879. The number of aromatic nitrogens is 2. The minimum atomic E-state index is 0.201. The molecule has 1 heterocycles. The van der Waals surface area contributed by atoms with E-state index in [0.29, 0.717) is 16.8 Å². The SMILES string of the molecule is ClC(Cl)=Cc1ccc(Oc2ccc(Cl)nn2)cc1. The summed E-state index contributed by atoms with van der Waals surface area (Å²) < 4.78 is 5.68. The van der Waals surface area contributed by atoms with E-state index < -0.39 is 0 Å². The maximum atomic E-state index is 5.62. The Balaban J connectivity index is 2.11. The number of hydrogen-bond donors (Lipinski definition) is 0. The van der Waals surface area contributed by atoms with Crippen molar-refractivity contribution in [1.29, 1.82) is 0 Å². The molecule has 3 nitrogen and oxygen atoms in total. The minimum absolute atomic E-state index is 0.201. The van der Waals surface area contributed by atoms with Gasteiger partial charge in [0.05, 0.1) is 0 Å². The van der Waals surface area contributed by atoms with Crippen LogP contribution in [0, 0.1) is 0 Å². The molecular formula is C12H7Cl3N2O. The summed E-state index contributed by atoms with van der Waals surface area (Å²) in [5, 5.41) is 7.78. The van der Waals surface area contributed by atoms with Gasteiger partial charge in [-0.05, 0) is 29.8 Å². The van der Waals surface area contributed by atoms with Crippen LogP contribution in [0.3, 0.4) is 0 Å². The molecule has 0 aliphatic rings. The Morgan fingerprint density at radius 1 is 1.00 bits per heavy atom. The lowest BCUT2D eigenvalue weighted by Crippen LogP contribution is -1.90. The fourth-order valence-corrected chi connectivity index (χ4v) is 1.59. The lowest BCUT2D eigenvalue weighted by molar-refractivity contribution is 0.455. The average Bonchev–Trinajstić information content (AvgIpc) is 2.34. The molecule has 0 bridgehead atoms. The lowest BCUT2D eigenvalue weighted by atomic mass is 10.2. The highest BCUT2D eigenvalue weighted by Crippen LogP contribution is 2.21. The second-order valence-electron chi connectivity index (χ2n) is 3.30. The standard InChI is InChI=1S/C12H7Cl3N2O/c13-10(14)7-8-1-3-9(4-2-8)18-12-6-5-11(15)16-17-12/h1-7H. The van der Waals surface area contributed by atoms with Crippen molar-refractivity contribution in [2.45, 2.75) is 0 Å². The van der Waals surface area contributed by atoms with Crippen LogP contribution in [0.4, 0.5) is 0 Å². The molecule has 18 heavy (non-hydrogen) atoms. The third kappa shape index (κ3) is 3.88. The topological polar surface area (TPSA) is 35.0 Å². The molecule has 0 aliphatic carbocycles. The Bertz CT molecular complexity index is 549. The van der Waals surface area contributed by atoms with Gasteiger partial charge in [0, 0.05) is 6.07 Å². The molecule has 0 unspecified atom stereocenters. The molecule has 0 radical (unpaired) electrons. The van der Waals surface area contributed by atoms with Gasteiger partial charge >= 0.3 is 0 Å². The van der Waals surface area contributed by atoms with E-state index in [1.165, 1.54) is 0 Å². The van der Waals surface area contributed by atoms with Crippen LogP contribution in [0.15, 0.2) is 40.9 Å². The van der Waals surface area contributed by atoms with E-state index in [-0.39, 0.29) is 4.49 Å². The van der Waals surface area contributed by atoms with Gasteiger partial charge < -0.3 is 4.74 Å². The first-order valence-electron chi connectivity index (χ1n) is 4.93. The fraction of sp³-hybridized carbons (Fsp3) is 0. The largest absolute Gasteiger partial charge is 0.438 e. The number of benzene rings is 1. The summed E-state index contributed by atoms with van der Waals surface area (Å²) in [6.45, 7) is 0. The first-order valence-corrected chi connectivity index (χ1v) is 6.07. The molecule has 0 atom stereocenters. The molecule has 0 N–H and O–H groups in total. The maximum Gasteiger partial charge on any atom is 0.238 e. The van der Waals surface area contributed by atoms with Crippen molar-refractivity contribution in [3.63, 3.8) is 0 Å². The van der Waals surface area contributed by atoms with Crippen LogP contribution >= 0.6 is 34.8 Å². The average molecular weight is 302 g/mol. The highest BCUT2D eigenvalue weighted by Gasteiger charge is 1.99. The van der Waals surface area contributed by atoms with Crippen molar-refractivity contribution in [1.82, 2.24) is 10.2 Å². The van der Waals surface area contributed by atoms with Crippen molar-refractivity contribution >= 4 is 40.9 Å². The summed E-state index contributed by atoms with van der Waals surface area (Å²) in [5.74, 6) is 1.01. The van der Waals surface area contributed by atoms with E-state index in [1.807, 2.05) is 12.1 Å². The summed E-state index contributed by atoms with van der Waals surface area (Å²) in [7, 11) is 0. The molecule has 1 aromatic carbocycles. The van der Waals surface area contributed by atoms with Crippen molar-refractivity contribution < 1.29 is 4.74 Å². The molecule has 2 rings (SSSR count). The third-order valence-corrected chi connectivity index (χ3v) is 2.41. The van der Waals surface area contributed by atoms with Crippen molar-refractivity contribution in [2.75, 3.05) is 0 Å². The van der Waals surface area contributed by atoms with E-state index in [9.17, 15) is 0 Å². The van der Waals surface area contributed by atoms with E-state index in [1.54, 1.807) is 30.3 Å². The van der Waals surface area contributed by atoms with Gasteiger partial charge in [0.2, 0.25) is 5.88 Å². The molecule has 0 aliphatic heterocycles. The van der Waals surface area contributed by atoms with Gasteiger partial charge in [-0.1, -0.05) is 46.9 Å². The number of nitrogens with zero attached hydrogens (tertiary/aromatic N) is 2. The molecule has 2 aromatic rings. The molecule has 0 fully saturated rings. The van der Waals surface area contributed by atoms with Crippen molar-refractivity contribution in [3.05, 3.63) is 51.6 Å². The molecule has 1 aromatic heterocycles. The van der Waals surface area contributed by atoms with Crippen LogP contribution in [-0.2, 0) is 0 Å². The summed E-state index contributed by atoms with van der Waals surface area (Å²) >= 11 is 16.7. The van der Waals surface area contributed by atoms with Gasteiger partial charge in [-0.25, -0.2) is 0 Å². The van der Waals surface area contributed by atoms with Crippen LogP contribution in [0.2, 0.25) is 5.15 Å². The Morgan fingerprint density at radius 3 is 2.28 bits per heavy atom. The van der Waals surface area contributed by atoms with Gasteiger partial charge in [0.1, 0.15) is 10.2 Å². The summed E-state index contributed by atoms with van der Waals surface area (Å²) in [6, 6.07) is 10.4. The molecule has 0 spiro atoms. The van der Waals surface area contributed by atoms with E-state index >= 15 is 0 Å². The highest BCUT2D eigenvalue weighted by molar-refractivity contribution is 6.57. The van der Waals surface area contributed by atoms with Gasteiger partial charge in [-0.3, -0.25) is 0 Å². The Labute approximate surface area is 119 Å². The second kappa shape index (κ2) is 6.05. The van der Waals surface area contributed by atoms with E-state index in [0.717, 1.165) is 5.56 Å². The van der Waals surface area contributed by atoms with E-state index in [2.05, 4.69) is 10.2 Å². The third-order valence-electron chi connectivity index (χ3n) is 1.99. The Morgan fingerprint density at radius 2 is 1.72 bits per heavy atom. The number of ether oxygens (including phenoxy) is 1. The van der Waals surface area contributed by atoms with Crippen LogP contribution < -0.4 is 4.74 Å². The first kappa shape index (κ1) is 13.1. The first-order chi connectivity index (χ1) is 8.63. The van der Waals surface area contributed by atoms with Gasteiger partial charge in [0.25, 0.3) is 0 Å². The quantitative estimate of drug-likeness (QED) is 0.824. The summed E-state index contributed by atoms with van der Waals surface area (Å²) in [4.78, 5) is 0. The molecule has 6 heteroatoms. The summed E-state index contributed by atoms with van der Waals surface area (Å²) in [6.07, 6.45) is 1.63. The van der Waals surface area contributed by atoms with Gasteiger partial charge in [-0.2, -0.15) is 0 Å². The zero-order valence-corrected chi connectivity index (χ0v) is 11.2. The van der Waals surface area contributed by atoms with Crippen molar-refractivity contribution in [3.8, 4) is 11.6 Å². The number of rotatable bonds is 3. The minimum Gasteiger partial charge on any atom is -0.438 e. The smallest absolute Gasteiger partial charge is 0.238 e. The predicted octanol–water partition coefficient (Wildman–Crippen LogP) is 4.70. The number of hydrogen-bond acceptors (Lipinski definition) is 3. The van der Waals surface area contributed by atoms with Crippen LogP contribution in [0.1, 0.15) is 5.56 Å². The zero-order valence-electron chi connectivity index (χ0n) is 8.98. The predicted molar refractivity (Wildman–Crippen MR) is 73.2 cm³/mol. The normalized spacial score (nSPS) is 9.94. The number of halogens is 3. The Hall–Kier alpha value is -1.29. The monoisotopic (exact) mass is 300 g/mol. The maximum absolute atomic E-state index is 5.62. The fourth-order valence-electron chi connectivity index (χ4n) is 1.24. The van der Waals surface area contributed by atoms with Gasteiger partial charge in [-0.15, -0.1) is 10.2 Å².